The Balaban J connectivity index is 1.95. The number of rotatable bonds is 1. The van der Waals surface area contributed by atoms with E-state index in [0.717, 1.165) is 18.7 Å². The number of likely N-dealkylation sites (tertiary alicyclic amines) is 1. The fourth-order valence-electron chi connectivity index (χ4n) is 2.11. The maximum atomic E-state index is 11.9. The van der Waals surface area contributed by atoms with Crippen LogP contribution in [0.4, 0.5) is 4.79 Å². The third-order valence-corrected chi connectivity index (χ3v) is 2.95. The van der Waals surface area contributed by atoms with E-state index in [1.807, 2.05) is 39.0 Å². The highest BCUT2D eigenvalue weighted by atomic mass is 16.6. The standard InChI is InChI=1S/C14H20N2O2/c1-14(2,3)18-13(17)16-9-7-11(10-16)12-6-4-5-8-15-12/h4-6,8,11H,7,9-10H2,1-3H3. The quantitative estimate of drug-likeness (QED) is 0.767. The van der Waals surface area contributed by atoms with Crippen LogP contribution >= 0.6 is 0 Å². The highest BCUT2D eigenvalue weighted by molar-refractivity contribution is 5.68. The summed E-state index contributed by atoms with van der Waals surface area (Å²) in [6, 6.07) is 5.91. The van der Waals surface area contributed by atoms with Crippen LogP contribution < -0.4 is 0 Å². The number of ether oxygens (including phenoxy) is 1. The molecule has 1 aliphatic rings. The highest BCUT2D eigenvalue weighted by Gasteiger charge is 2.30. The van der Waals surface area contributed by atoms with Crippen LogP contribution in [0.15, 0.2) is 24.4 Å². The second-order valence-electron chi connectivity index (χ2n) is 5.67. The Labute approximate surface area is 108 Å². The molecule has 1 unspecified atom stereocenters. The smallest absolute Gasteiger partial charge is 0.410 e. The molecule has 2 heterocycles. The van der Waals surface area contributed by atoms with E-state index in [1.165, 1.54) is 0 Å². The lowest BCUT2D eigenvalue weighted by atomic mass is 10.0. The lowest BCUT2D eigenvalue weighted by Gasteiger charge is -2.24. The van der Waals surface area contributed by atoms with E-state index in [-0.39, 0.29) is 6.09 Å². The van der Waals surface area contributed by atoms with Gasteiger partial charge in [-0.1, -0.05) is 6.07 Å². The van der Waals surface area contributed by atoms with E-state index in [1.54, 1.807) is 11.1 Å². The predicted octanol–water partition coefficient (Wildman–Crippen LogP) is 2.81. The molecule has 4 nitrogen and oxygen atoms in total. The summed E-state index contributed by atoms with van der Waals surface area (Å²) in [6.45, 7) is 7.10. The van der Waals surface area contributed by atoms with E-state index in [2.05, 4.69) is 4.98 Å². The van der Waals surface area contributed by atoms with Gasteiger partial charge in [-0.25, -0.2) is 4.79 Å². The number of aromatic nitrogens is 1. The Bertz CT molecular complexity index is 412. The van der Waals surface area contributed by atoms with E-state index in [4.69, 9.17) is 4.74 Å². The predicted molar refractivity (Wildman–Crippen MR) is 69.4 cm³/mol. The normalized spacial score (nSPS) is 19.9. The van der Waals surface area contributed by atoms with Crippen LogP contribution in [0, 0.1) is 0 Å². The van der Waals surface area contributed by atoms with Crippen LogP contribution in [-0.4, -0.2) is 34.7 Å². The molecule has 1 fully saturated rings. The van der Waals surface area contributed by atoms with Crippen LogP contribution in [0.3, 0.4) is 0 Å². The first-order chi connectivity index (χ1) is 8.46. The Hall–Kier alpha value is -1.58. The van der Waals surface area contributed by atoms with E-state index >= 15 is 0 Å². The molecule has 4 heteroatoms. The summed E-state index contributed by atoms with van der Waals surface area (Å²) in [4.78, 5) is 18.0. The summed E-state index contributed by atoms with van der Waals surface area (Å²) in [5.41, 5.74) is 0.628. The molecule has 1 aromatic rings. The number of pyridine rings is 1. The number of hydrogen-bond acceptors (Lipinski definition) is 3. The SMILES string of the molecule is CC(C)(C)OC(=O)N1CCC(c2ccccn2)C1. The average molecular weight is 248 g/mol. The first-order valence-electron chi connectivity index (χ1n) is 6.34. The van der Waals surface area contributed by atoms with Crippen molar-refractivity contribution in [2.24, 2.45) is 0 Å². The van der Waals surface area contributed by atoms with Crippen molar-refractivity contribution in [3.8, 4) is 0 Å². The van der Waals surface area contributed by atoms with Gasteiger partial charge in [-0.3, -0.25) is 4.98 Å². The van der Waals surface area contributed by atoms with Gasteiger partial charge in [-0.05, 0) is 39.3 Å². The molecule has 1 saturated heterocycles. The average Bonchev–Trinajstić information content (AvgIpc) is 2.77. The molecule has 0 spiro atoms. The lowest BCUT2D eigenvalue weighted by Crippen LogP contribution is -2.35. The van der Waals surface area contributed by atoms with E-state index in [0.29, 0.717) is 12.5 Å². The second-order valence-corrected chi connectivity index (χ2v) is 5.67. The minimum atomic E-state index is -0.430. The topological polar surface area (TPSA) is 42.4 Å². The lowest BCUT2D eigenvalue weighted by molar-refractivity contribution is 0.0292. The molecule has 0 N–H and O–H groups in total. The van der Waals surface area contributed by atoms with Gasteiger partial charge in [0.25, 0.3) is 0 Å². The summed E-state index contributed by atoms with van der Waals surface area (Å²) >= 11 is 0. The summed E-state index contributed by atoms with van der Waals surface area (Å²) in [5.74, 6) is 0.332. The molecule has 0 bridgehead atoms. The zero-order valence-electron chi connectivity index (χ0n) is 11.2. The number of carbonyl (C=O) groups excluding carboxylic acids is 1. The van der Waals surface area contributed by atoms with Crippen molar-refractivity contribution >= 4 is 6.09 Å². The van der Waals surface area contributed by atoms with Crippen LogP contribution in [-0.2, 0) is 4.74 Å². The van der Waals surface area contributed by atoms with E-state index < -0.39 is 5.60 Å². The summed E-state index contributed by atoms with van der Waals surface area (Å²) in [6.07, 6.45) is 2.53. The van der Waals surface area contributed by atoms with Gasteiger partial charge in [-0.15, -0.1) is 0 Å². The molecule has 1 atom stereocenters. The number of nitrogens with zero attached hydrogens (tertiary/aromatic N) is 2. The fraction of sp³-hybridized carbons (Fsp3) is 0.571. The number of hydrogen-bond donors (Lipinski definition) is 0. The minimum absolute atomic E-state index is 0.221. The number of amides is 1. The van der Waals surface area contributed by atoms with Crippen LogP contribution in [0.25, 0.3) is 0 Å². The largest absolute Gasteiger partial charge is 0.444 e. The minimum Gasteiger partial charge on any atom is -0.444 e. The Morgan fingerprint density at radius 1 is 1.44 bits per heavy atom. The molecular formula is C14H20N2O2. The van der Waals surface area contributed by atoms with Crippen molar-refractivity contribution in [1.82, 2.24) is 9.88 Å². The first kappa shape index (κ1) is 12.9. The molecule has 1 amide bonds. The van der Waals surface area contributed by atoms with Crippen LogP contribution in [0.2, 0.25) is 0 Å². The Morgan fingerprint density at radius 2 is 2.22 bits per heavy atom. The van der Waals surface area contributed by atoms with Gasteiger partial charge in [-0.2, -0.15) is 0 Å². The Kier molecular flexibility index (Phi) is 3.55. The van der Waals surface area contributed by atoms with Crippen LogP contribution in [0.1, 0.15) is 38.8 Å². The third kappa shape index (κ3) is 3.22. The Morgan fingerprint density at radius 3 is 2.83 bits per heavy atom. The van der Waals surface area contributed by atoms with Crippen molar-refractivity contribution in [1.29, 1.82) is 0 Å². The molecule has 2 rings (SSSR count). The molecule has 98 valence electrons. The van der Waals surface area contributed by atoms with Gasteiger partial charge in [0, 0.05) is 30.9 Å². The summed E-state index contributed by atoms with van der Waals surface area (Å²) in [7, 11) is 0. The third-order valence-electron chi connectivity index (χ3n) is 2.95. The second kappa shape index (κ2) is 4.96. The first-order valence-corrected chi connectivity index (χ1v) is 6.34. The molecule has 0 saturated carbocycles. The molecule has 0 aliphatic carbocycles. The zero-order valence-corrected chi connectivity index (χ0v) is 11.2. The van der Waals surface area contributed by atoms with Gasteiger partial charge >= 0.3 is 6.09 Å². The monoisotopic (exact) mass is 248 g/mol. The molecule has 18 heavy (non-hydrogen) atoms. The van der Waals surface area contributed by atoms with Crippen molar-refractivity contribution in [2.75, 3.05) is 13.1 Å². The zero-order chi connectivity index (χ0) is 13.2. The summed E-state index contributed by atoms with van der Waals surface area (Å²) in [5, 5.41) is 0. The van der Waals surface area contributed by atoms with Gasteiger partial charge in [0.2, 0.25) is 0 Å². The van der Waals surface area contributed by atoms with E-state index in [9.17, 15) is 4.79 Å². The molecule has 0 radical (unpaired) electrons. The van der Waals surface area contributed by atoms with Crippen molar-refractivity contribution in [3.05, 3.63) is 30.1 Å². The molecule has 1 aliphatic heterocycles. The van der Waals surface area contributed by atoms with Crippen molar-refractivity contribution in [3.63, 3.8) is 0 Å². The van der Waals surface area contributed by atoms with Gasteiger partial charge in [0.1, 0.15) is 5.60 Å². The van der Waals surface area contributed by atoms with Gasteiger partial charge in [0.05, 0.1) is 0 Å². The molecule has 1 aromatic heterocycles. The summed E-state index contributed by atoms with van der Waals surface area (Å²) < 4.78 is 5.37. The maximum Gasteiger partial charge on any atom is 0.410 e. The maximum absolute atomic E-state index is 11.9. The van der Waals surface area contributed by atoms with Gasteiger partial charge < -0.3 is 9.64 Å². The van der Waals surface area contributed by atoms with Crippen molar-refractivity contribution in [2.45, 2.75) is 38.7 Å². The fourth-order valence-corrected chi connectivity index (χ4v) is 2.11. The highest BCUT2D eigenvalue weighted by Crippen LogP contribution is 2.26. The van der Waals surface area contributed by atoms with Crippen LogP contribution in [0.5, 0.6) is 0 Å². The molecular weight excluding hydrogens is 228 g/mol. The molecule has 0 aromatic carbocycles. The van der Waals surface area contributed by atoms with Gasteiger partial charge in [0.15, 0.2) is 0 Å². The number of carbonyl (C=O) groups is 1. The van der Waals surface area contributed by atoms with Crippen molar-refractivity contribution < 1.29 is 9.53 Å².